The first-order chi connectivity index (χ1) is 8.69. The van der Waals surface area contributed by atoms with Crippen molar-refractivity contribution in [2.75, 3.05) is 20.3 Å². The van der Waals surface area contributed by atoms with Crippen LogP contribution in [0.5, 0.6) is 0 Å². The van der Waals surface area contributed by atoms with Crippen LogP contribution in [0.4, 0.5) is 0 Å². The van der Waals surface area contributed by atoms with E-state index in [1.807, 2.05) is 11.3 Å². The standard InChI is InChI=1S/C15H25NOS/c1-4-13-5-6-14(18-13)12(2)16-11-15(7-8-15)9-10-17-3/h5-6,12,16H,4,7-11H2,1-3H3. The zero-order chi connectivity index (χ0) is 13.0. The Morgan fingerprint density at radius 2 is 2.22 bits per heavy atom. The largest absolute Gasteiger partial charge is 0.385 e. The highest BCUT2D eigenvalue weighted by Crippen LogP contribution is 2.48. The minimum atomic E-state index is 0.482. The maximum atomic E-state index is 5.20. The molecule has 1 aromatic rings. The van der Waals surface area contributed by atoms with E-state index in [2.05, 4.69) is 31.3 Å². The summed E-state index contributed by atoms with van der Waals surface area (Å²) in [6, 6.07) is 5.02. The van der Waals surface area contributed by atoms with Crippen molar-refractivity contribution in [3.63, 3.8) is 0 Å². The predicted molar refractivity (Wildman–Crippen MR) is 78.3 cm³/mol. The van der Waals surface area contributed by atoms with Gasteiger partial charge in [0.1, 0.15) is 0 Å². The molecule has 0 aliphatic heterocycles. The van der Waals surface area contributed by atoms with E-state index >= 15 is 0 Å². The number of aryl methyl sites for hydroxylation is 1. The van der Waals surface area contributed by atoms with Crippen LogP contribution in [0, 0.1) is 5.41 Å². The third-order valence-electron chi connectivity index (χ3n) is 4.03. The molecular weight excluding hydrogens is 242 g/mol. The monoisotopic (exact) mass is 267 g/mol. The maximum absolute atomic E-state index is 5.20. The molecule has 1 fully saturated rings. The Morgan fingerprint density at radius 1 is 1.44 bits per heavy atom. The molecule has 0 spiro atoms. The molecule has 102 valence electrons. The Balaban J connectivity index is 1.79. The van der Waals surface area contributed by atoms with Crippen LogP contribution in [0.1, 0.15) is 48.9 Å². The molecule has 1 aliphatic carbocycles. The van der Waals surface area contributed by atoms with E-state index < -0.39 is 0 Å². The van der Waals surface area contributed by atoms with Crippen molar-refractivity contribution in [2.24, 2.45) is 5.41 Å². The van der Waals surface area contributed by atoms with E-state index in [1.165, 1.54) is 29.0 Å². The molecule has 2 rings (SSSR count). The minimum Gasteiger partial charge on any atom is -0.385 e. The zero-order valence-electron chi connectivity index (χ0n) is 11.8. The highest BCUT2D eigenvalue weighted by molar-refractivity contribution is 7.12. The predicted octanol–water partition coefficient (Wildman–Crippen LogP) is 3.78. The van der Waals surface area contributed by atoms with Crippen LogP contribution in [0.25, 0.3) is 0 Å². The van der Waals surface area contributed by atoms with Gasteiger partial charge in [-0.25, -0.2) is 0 Å². The van der Waals surface area contributed by atoms with Gasteiger partial charge in [0.2, 0.25) is 0 Å². The lowest BCUT2D eigenvalue weighted by Crippen LogP contribution is -2.27. The van der Waals surface area contributed by atoms with Crippen molar-refractivity contribution in [2.45, 2.75) is 45.6 Å². The van der Waals surface area contributed by atoms with Gasteiger partial charge in [-0.2, -0.15) is 0 Å². The fourth-order valence-corrected chi connectivity index (χ4v) is 3.28. The van der Waals surface area contributed by atoms with E-state index in [0.717, 1.165) is 19.6 Å². The number of nitrogens with one attached hydrogen (secondary N) is 1. The van der Waals surface area contributed by atoms with Crippen molar-refractivity contribution in [3.05, 3.63) is 21.9 Å². The number of methoxy groups -OCH3 is 1. The van der Waals surface area contributed by atoms with E-state index in [9.17, 15) is 0 Å². The third-order valence-corrected chi connectivity index (χ3v) is 5.45. The topological polar surface area (TPSA) is 21.3 Å². The van der Waals surface area contributed by atoms with E-state index in [-0.39, 0.29) is 0 Å². The SMILES string of the molecule is CCc1ccc(C(C)NCC2(CCOC)CC2)s1. The fourth-order valence-electron chi connectivity index (χ4n) is 2.30. The molecular formula is C15H25NOS. The average Bonchev–Trinajstić information content (AvgIpc) is 2.99. The summed E-state index contributed by atoms with van der Waals surface area (Å²) in [6.07, 6.45) is 5.07. The van der Waals surface area contributed by atoms with Crippen molar-refractivity contribution in [1.29, 1.82) is 0 Å². The quantitative estimate of drug-likeness (QED) is 0.774. The van der Waals surface area contributed by atoms with Crippen molar-refractivity contribution >= 4 is 11.3 Å². The Bertz CT molecular complexity index is 370. The van der Waals surface area contributed by atoms with Gasteiger partial charge in [-0.3, -0.25) is 0 Å². The molecule has 0 radical (unpaired) electrons. The lowest BCUT2D eigenvalue weighted by atomic mass is 10.0. The molecule has 1 heterocycles. The van der Waals surface area contributed by atoms with Crippen molar-refractivity contribution in [1.82, 2.24) is 5.32 Å². The van der Waals surface area contributed by atoms with Crippen LogP contribution in [-0.4, -0.2) is 20.3 Å². The summed E-state index contributed by atoms with van der Waals surface area (Å²) in [5, 5.41) is 3.70. The van der Waals surface area contributed by atoms with Gasteiger partial charge in [0.15, 0.2) is 0 Å². The van der Waals surface area contributed by atoms with E-state index in [4.69, 9.17) is 4.74 Å². The third kappa shape index (κ3) is 3.56. The number of ether oxygens (including phenoxy) is 1. The summed E-state index contributed by atoms with van der Waals surface area (Å²) in [7, 11) is 1.80. The van der Waals surface area contributed by atoms with Gasteiger partial charge < -0.3 is 10.1 Å². The molecule has 1 saturated carbocycles. The average molecular weight is 267 g/mol. The van der Waals surface area contributed by atoms with E-state index in [0.29, 0.717) is 11.5 Å². The molecule has 1 N–H and O–H groups in total. The molecule has 0 aromatic carbocycles. The molecule has 1 aromatic heterocycles. The second-order valence-corrected chi connectivity index (χ2v) is 6.70. The summed E-state index contributed by atoms with van der Waals surface area (Å²) >= 11 is 1.94. The summed E-state index contributed by atoms with van der Waals surface area (Å²) in [6.45, 7) is 6.53. The van der Waals surface area contributed by atoms with Gasteiger partial charge in [-0.15, -0.1) is 11.3 Å². The maximum Gasteiger partial charge on any atom is 0.0468 e. The van der Waals surface area contributed by atoms with Gasteiger partial charge in [-0.1, -0.05) is 6.92 Å². The number of rotatable bonds is 8. The van der Waals surface area contributed by atoms with Gasteiger partial charge >= 0.3 is 0 Å². The minimum absolute atomic E-state index is 0.482. The molecule has 18 heavy (non-hydrogen) atoms. The number of hydrogen-bond donors (Lipinski definition) is 1. The second-order valence-electron chi connectivity index (χ2n) is 5.50. The number of hydrogen-bond acceptors (Lipinski definition) is 3. The molecule has 3 heteroatoms. The summed E-state index contributed by atoms with van der Waals surface area (Å²) in [5.41, 5.74) is 0.537. The Hall–Kier alpha value is -0.380. The summed E-state index contributed by atoms with van der Waals surface area (Å²) < 4.78 is 5.20. The Morgan fingerprint density at radius 3 is 2.78 bits per heavy atom. The highest BCUT2D eigenvalue weighted by Gasteiger charge is 2.41. The van der Waals surface area contributed by atoms with Crippen LogP contribution >= 0.6 is 11.3 Å². The molecule has 1 unspecified atom stereocenters. The lowest BCUT2D eigenvalue weighted by Gasteiger charge is -2.19. The molecule has 1 aliphatic rings. The van der Waals surface area contributed by atoms with Gasteiger partial charge in [-0.05, 0) is 50.2 Å². The fraction of sp³-hybridized carbons (Fsp3) is 0.733. The Kier molecular flexibility index (Phi) is 4.82. The van der Waals surface area contributed by atoms with Crippen LogP contribution in [0.2, 0.25) is 0 Å². The molecule has 2 nitrogen and oxygen atoms in total. The van der Waals surface area contributed by atoms with Crippen LogP contribution in [0.15, 0.2) is 12.1 Å². The van der Waals surface area contributed by atoms with Crippen molar-refractivity contribution < 1.29 is 4.74 Å². The molecule has 0 saturated heterocycles. The normalized spacial score (nSPS) is 18.8. The highest BCUT2D eigenvalue weighted by atomic mass is 32.1. The first-order valence-corrected chi connectivity index (χ1v) is 7.82. The zero-order valence-corrected chi connectivity index (χ0v) is 12.6. The lowest BCUT2D eigenvalue weighted by molar-refractivity contribution is 0.170. The van der Waals surface area contributed by atoms with Gasteiger partial charge in [0.05, 0.1) is 0 Å². The Labute approximate surface area is 115 Å². The first kappa shape index (κ1) is 14.0. The summed E-state index contributed by atoms with van der Waals surface area (Å²) in [4.78, 5) is 2.95. The van der Waals surface area contributed by atoms with Crippen molar-refractivity contribution in [3.8, 4) is 0 Å². The van der Waals surface area contributed by atoms with Crippen LogP contribution in [0.3, 0.4) is 0 Å². The summed E-state index contributed by atoms with van der Waals surface area (Å²) in [5.74, 6) is 0. The van der Waals surface area contributed by atoms with Gasteiger partial charge in [0.25, 0.3) is 0 Å². The van der Waals surface area contributed by atoms with E-state index in [1.54, 1.807) is 7.11 Å². The molecule has 1 atom stereocenters. The number of thiophene rings is 1. The second kappa shape index (κ2) is 6.18. The molecule has 0 bridgehead atoms. The van der Waals surface area contributed by atoms with Crippen LogP contribution in [-0.2, 0) is 11.2 Å². The first-order valence-electron chi connectivity index (χ1n) is 7.00. The molecule has 0 amide bonds. The van der Waals surface area contributed by atoms with Gasteiger partial charge in [0, 0.05) is 36.1 Å². The smallest absolute Gasteiger partial charge is 0.0468 e. The van der Waals surface area contributed by atoms with Crippen LogP contribution < -0.4 is 5.32 Å².